The van der Waals surface area contributed by atoms with Crippen molar-refractivity contribution in [2.24, 2.45) is 0 Å². The molecule has 1 aromatic carbocycles. The number of amides is 1. The molecule has 2 heteroatoms. The first-order valence-electron chi connectivity index (χ1n) is 11.2. The lowest BCUT2D eigenvalue weighted by molar-refractivity contribution is -0.116. The van der Waals surface area contributed by atoms with E-state index in [1.165, 1.54) is 89.9 Å². The summed E-state index contributed by atoms with van der Waals surface area (Å²) in [6.45, 7) is 2.28. The van der Waals surface area contributed by atoms with E-state index < -0.39 is 0 Å². The summed E-state index contributed by atoms with van der Waals surface area (Å²) in [4.78, 5) is 11.8. The Balaban J connectivity index is 1.77. The molecule has 0 radical (unpaired) electrons. The lowest BCUT2D eigenvalue weighted by Gasteiger charge is -2.05. The van der Waals surface area contributed by atoms with Crippen molar-refractivity contribution in [2.45, 2.75) is 110 Å². The first kappa shape index (κ1) is 22.7. The quantitative estimate of drug-likeness (QED) is 0.281. The van der Waals surface area contributed by atoms with Crippen LogP contribution < -0.4 is 5.32 Å². The van der Waals surface area contributed by atoms with E-state index in [-0.39, 0.29) is 5.91 Å². The average molecular weight is 360 g/mol. The Morgan fingerprint density at radius 2 is 1.08 bits per heavy atom. The second kappa shape index (κ2) is 17.1. The van der Waals surface area contributed by atoms with Gasteiger partial charge < -0.3 is 5.32 Å². The molecule has 0 spiro atoms. The lowest BCUT2D eigenvalue weighted by atomic mass is 10.0. The maximum atomic E-state index is 11.8. The van der Waals surface area contributed by atoms with Crippen molar-refractivity contribution in [3.05, 3.63) is 30.3 Å². The number of carbonyl (C=O) groups excluding carboxylic acids is 1. The predicted molar refractivity (Wildman–Crippen MR) is 115 cm³/mol. The van der Waals surface area contributed by atoms with E-state index in [9.17, 15) is 4.79 Å². The van der Waals surface area contributed by atoms with Crippen LogP contribution in [0.4, 0.5) is 5.69 Å². The number of hydrogen-bond acceptors (Lipinski definition) is 1. The smallest absolute Gasteiger partial charge is 0.224 e. The van der Waals surface area contributed by atoms with Gasteiger partial charge in [-0.05, 0) is 18.6 Å². The van der Waals surface area contributed by atoms with Crippen LogP contribution in [0, 0.1) is 0 Å². The zero-order valence-electron chi connectivity index (χ0n) is 17.1. The standard InChI is InChI=1S/C24H41NO/c1-2-3-4-5-6-7-8-9-10-11-12-13-14-15-19-22-24(26)25-23-20-17-16-18-21-23/h16-18,20-21H,2-15,19,22H2,1H3,(H,25,26). The van der Waals surface area contributed by atoms with Crippen LogP contribution in [0.25, 0.3) is 0 Å². The van der Waals surface area contributed by atoms with Gasteiger partial charge in [-0.2, -0.15) is 0 Å². The van der Waals surface area contributed by atoms with Crippen LogP contribution in [0.2, 0.25) is 0 Å². The van der Waals surface area contributed by atoms with Crippen LogP contribution >= 0.6 is 0 Å². The summed E-state index contributed by atoms with van der Waals surface area (Å²) < 4.78 is 0. The molecule has 26 heavy (non-hydrogen) atoms. The summed E-state index contributed by atoms with van der Waals surface area (Å²) >= 11 is 0. The van der Waals surface area contributed by atoms with Crippen LogP contribution in [-0.4, -0.2) is 5.91 Å². The first-order valence-corrected chi connectivity index (χ1v) is 11.2. The molecule has 0 unspecified atom stereocenters. The van der Waals surface area contributed by atoms with E-state index >= 15 is 0 Å². The normalized spacial score (nSPS) is 10.8. The molecule has 1 amide bonds. The van der Waals surface area contributed by atoms with Crippen LogP contribution in [0.3, 0.4) is 0 Å². The number of para-hydroxylation sites is 1. The Bertz CT molecular complexity index is 429. The van der Waals surface area contributed by atoms with Crippen molar-refractivity contribution < 1.29 is 4.79 Å². The van der Waals surface area contributed by atoms with Gasteiger partial charge in [0.25, 0.3) is 0 Å². The zero-order chi connectivity index (χ0) is 18.7. The second-order valence-corrected chi connectivity index (χ2v) is 7.61. The van der Waals surface area contributed by atoms with Crippen molar-refractivity contribution in [3.63, 3.8) is 0 Å². The van der Waals surface area contributed by atoms with E-state index in [2.05, 4.69) is 12.2 Å². The fraction of sp³-hybridized carbons (Fsp3) is 0.708. The van der Waals surface area contributed by atoms with Gasteiger partial charge in [0, 0.05) is 12.1 Å². The van der Waals surface area contributed by atoms with Gasteiger partial charge in [-0.1, -0.05) is 115 Å². The molecule has 0 atom stereocenters. The molecular weight excluding hydrogens is 318 g/mol. The predicted octanol–water partition coefficient (Wildman–Crippen LogP) is 7.89. The third kappa shape index (κ3) is 13.9. The van der Waals surface area contributed by atoms with E-state index in [0.717, 1.165) is 12.1 Å². The number of benzene rings is 1. The summed E-state index contributed by atoms with van der Waals surface area (Å²) in [6.07, 6.45) is 21.0. The van der Waals surface area contributed by atoms with Gasteiger partial charge in [-0.3, -0.25) is 4.79 Å². The van der Waals surface area contributed by atoms with Gasteiger partial charge in [-0.25, -0.2) is 0 Å². The molecular formula is C24H41NO. The molecule has 0 saturated heterocycles. The summed E-state index contributed by atoms with van der Waals surface area (Å²) in [5.41, 5.74) is 0.901. The third-order valence-electron chi connectivity index (χ3n) is 5.06. The molecule has 0 bridgehead atoms. The molecule has 2 nitrogen and oxygen atoms in total. The van der Waals surface area contributed by atoms with Crippen molar-refractivity contribution in [1.82, 2.24) is 0 Å². The first-order chi connectivity index (χ1) is 12.8. The highest BCUT2D eigenvalue weighted by Gasteiger charge is 2.01. The van der Waals surface area contributed by atoms with Crippen molar-refractivity contribution >= 4 is 11.6 Å². The Hall–Kier alpha value is -1.31. The molecule has 1 rings (SSSR count). The molecule has 0 aromatic heterocycles. The minimum atomic E-state index is 0.144. The molecule has 0 aliphatic rings. The third-order valence-corrected chi connectivity index (χ3v) is 5.06. The van der Waals surface area contributed by atoms with Crippen LogP contribution in [-0.2, 0) is 4.79 Å². The van der Waals surface area contributed by atoms with Gasteiger partial charge in [0.1, 0.15) is 0 Å². The van der Waals surface area contributed by atoms with E-state index in [1.807, 2.05) is 30.3 Å². The van der Waals surface area contributed by atoms with E-state index in [0.29, 0.717) is 6.42 Å². The maximum absolute atomic E-state index is 11.8. The summed E-state index contributed by atoms with van der Waals surface area (Å²) in [5.74, 6) is 0.144. The number of carbonyl (C=O) groups is 1. The molecule has 1 N–H and O–H groups in total. The maximum Gasteiger partial charge on any atom is 0.224 e. The van der Waals surface area contributed by atoms with Gasteiger partial charge in [0.15, 0.2) is 0 Å². The average Bonchev–Trinajstić information content (AvgIpc) is 2.65. The van der Waals surface area contributed by atoms with E-state index in [4.69, 9.17) is 0 Å². The summed E-state index contributed by atoms with van der Waals surface area (Å²) in [5, 5.41) is 2.95. The monoisotopic (exact) mass is 359 g/mol. The largest absolute Gasteiger partial charge is 0.326 e. The van der Waals surface area contributed by atoms with Gasteiger partial charge in [0.2, 0.25) is 5.91 Å². The summed E-state index contributed by atoms with van der Waals surface area (Å²) in [7, 11) is 0. The fourth-order valence-electron chi connectivity index (χ4n) is 3.40. The fourth-order valence-corrected chi connectivity index (χ4v) is 3.40. The van der Waals surface area contributed by atoms with Crippen LogP contribution in [0.5, 0.6) is 0 Å². The Morgan fingerprint density at radius 3 is 1.54 bits per heavy atom. The number of anilines is 1. The minimum Gasteiger partial charge on any atom is -0.326 e. The number of rotatable bonds is 17. The highest BCUT2D eigenvalue weighted by Crippen LogP contribution is 2.14. The SMILES string of the molecule is CCCCCCCCCCCCCCCCCC(=O)Nc1ccccc1. The van der Waals surface area contributed by atoms with Gasteiger partial charge in [-0.15, -0.1) is 0 Å². The summed E-state index contributed by atoms with van der Waals surface area (Å²) in [6, 6.07) is 9.73. The van der Waals surface area contributed by atoms with Gasteiger partial charge in [0.05, 0.1) is 0 Å². The van der Waals surface area contributed by atoms with Crippen molar-refractivity contribution in [1.29, 1.82) is 0 Å². The number of hydrogen-bond donors (Lipinski definition) is 1. The Kier molecular flexibility index (Phi) is 15.0. The molecule has 0 aliphatic heterocycles. The minimum absolute atomic E-state index is 0.144. The molecule has 1 aromatic rings. The van der Waals surface area contributed by atoms with Gasteiger partial charge >= 0.3 is 0 Å². The molecule has 0 aliphatic carbocycles. The molecule has 0 saturated carbocycles. The topological polar surface area (TPSA) is 29.1 Å². The van der Waals surface area contributed by atoms with Crippen molar-refractivity contribution in [3.8, 4) is 0 Å². The highest BCUT2D eigenvalue weighted by atomic mass is 16.1. The van der Waals surface area contributed by atoms with E-state index in [1.54, 1.807) is 0 Å². The molecule has 148 valence electrons. The molecule has 0 heterocycles. The molecule has 0 fully saturated rings. The lowest BCUT2D eigenvalue weighted by Crippen LogP contribution is -2.10. The number of unbranched alkanes of at least 4 members (excludes halogenated alkanes) is 14. The Morgan fingerprint density at radius 1 is 0.654 bits per heavy atom. The second-order valence-electron chi connectivity index (χ2n) is 7.61. The van der Waals surface area contributed by atoms with Crippen molar-refractivity contribution in [2.75, 3.05) is 5.32 Å². The Labute approximate surface area is 162 Å². The highest BCUT2D eigenvalue weighted by molar-refractivity contribution is 5.90. The number of nitrogens with one attached hydrogen (secondary N) is 1. The zero-order valence-corrected chi connectivity index (χ0v) is 17.1. The van der Waals surface area contributed by atoms with Crippen LogP contribution in [0.1, 0.15) is 110 Å². The van der Waals surface area contributed by atoms with Crippen LogP contribution in [0.15, 0.2) is 30.3 Å².